The Labute approximate surface area is 246 Å². The maximum atomic E-state index is 13.2. The van der Waals surface area contributed by atoms with E-state index in [9.17, 15) is 14.4 Å². The lowest BCUT2D eigenvalue weighted by Gasteiger charge is -2.35. The van der Waals surface area contributed by atoms with Crippen LogP contribution in [0, 0.1) is 0 Å². The van der Waals surface area contributed by atoms with Crippen LogP contribution in [0.15, 0.2) is 48.5 Å². The number of carbonyl (C=O) groups excluding carboxylic acids is 3. The highest BCUT2D eigenvalue weighted by Gasteiger charge is 2.23. The summed E-state index contributed by atoms with van der Waals surface area (Å²) in [6.45, 7) is 8.70. The molecular formula is C30H40ClN3O5S. The molecule has 0 aliphatic carbocycles. The van der Waals surface area contributed by atoms with E-state index in [0.29, 0.717) is 37.6 Å². The third-order valence-corrected chi connectivity index (χ3v) is 7.88. The van der Waals surface area contributed by atoms with Crippen LogP contribution in [-0.4, -0.2) is 98.2 Å². The van der Waals surface area contributed by atoms with Crippen molar-refractivity contribution >= 4 is 46.8 Å². The lowest BCUT2D eigenvalue weighted by molar-refractivity contribution is -0.140. The van der Waals surface area contributed by atoms with Crippen molar-refractivity contribution in [1.29, 1.82) is 0 Å². The molecule has 8 nitrogen and oxygen atoms in total. The van der Waals surface area contributed by atoms with Crippen molar-refractivity contribution in [2.45, 2.75) is 32.8 Å². The summed E-state index contributed by atoms with van der Waals surface area (Å²) in [7, 11) is 1.35. The molecule has 2 aromatic carbocycles. The topological polar surface area (TPSA) is 79.4 Å². The zero-order chi connectivity index (χ0) is 28.9. The van der Waals surface area contributed by atoms with Crippen LogP contribution in [-0.2, 0) is 25.5 Å². The van der Waals surface area contributed by atoms with Crippen molar-refractivity contribution in [3.8, 4) is 0 Å². The van der Waals surface area contributed by atoms with Gasteiger partial charge in [0.1, 0.15) is 0 Å². The van der Waals surface area contributed by atoms with E-state index in [1.165, 1.54) is 24.4 Å². The fourth-order valence-corrected chi connectivity index (χ4v) is 5.26. The Kier molecular flexibility index (Phi) is 13.3. The molecule has 0 unspecified atom stereocenters. The molecule has 0 N–H and O–H groups in total. The van der Waals surface area contributed by atoms with Crippen molar-refractivity contribution in [2.24, 2.45) is 0 Å². The van der Waals surface area contributed by atoms with E-state index in [4.69, 9.17) is 16.3 Å². The second-order valence-corrected chi connectivity index (χ2v) is 11.4. The quantitative estimate of drug-likeness (QED) is 0.239. The Bertz CT molecular complexity index is 1090. The maximum Gasteiger partial charge on any atom is 0.306 e. The monoisotopic (exact) mass is 589 g/mol. The molecule has 0 aromatic heterocycles. The lowest BCUT2D eigenvalue weighted by Crippen LogP contribution is -2.49. The van der Waals surface area contributed by atoms with Gasteiger partial charge in [0.2, 0.25) is 5.91 Å². The van der Waals surface area contributed by atoms with Gasteiger partial charge in [0, 0.05) is 61.3 Å². The summed E-state index contributed by atoms with van der Waals surface area (Å²) < 4.78 is 10.3. The summed E-state index contributed by atoms with van der Waals surface area (Å²) in [5.41, 5.74) is 2.58. The highest BCUT2D eigenvalue weighted by atomic mass is 35.5. The molecule has 1 saturated heterocycles. The third kappa shape index (κ3) is 10.4. The van der Waals surface area contributed by atoms with Crippen molar-refractivity contribution in [2.75, 3.05) is 69.4 Å². The Morgan fingerprint density at radius 1 is 1.00 bits per heavy atom. The van der Waals surface area contributed by atoms with Gasteiger partial charge in [-0.15, -0.1) is 0 Å². The highest BCUT2D eigenvalue weighted by Crippen LogP contribution is 2.19. The Morgan fingerprint density at radius 2 is 1.68 bits per heavy atom. The number of benzene rings is 2. The molecule has 3 rings (SSSR count). The summed E-state index contributed by atoms with van der Waals surface area (Å²) in [4.78, 5) is 43.5. The molecule has 1 fully saturated rings. The van der Waals surface area contributed by atoms with E-state index in [-0.39, 0.29) is 36.1 Å². The van der Waals surface area contributed by atoms with Gasteiger partial charge in [-0.2, -0.15) is 11.8 Å². The van der Waals surface area contributed by atoms with Gasteiger partial charge >= 0.3 is 5.97 Å². The van der Waals surface area contributed by atoms with Crippen LogP contribution < -0.4 is 4.90 Å². The van der Waals surface area contributed by atoms with E-state index in [1.54, 1.807) is 17.0 Å². The average Bonchev–Trinajstić information content (AvgIpc) is 2.97. The standard InChI is InChI=1S/C30H40ClN3O5S/c1-23(2)39-20-19-34(28(35)22-40-21-13-29(36)38-3)27-10-6-25(7-11-27)30(37)33-17-15-32(16-18-33)14-12-24-4-8-26(31)9-5-24/h4-11,23H,12-22H2,1-3H3. The number of carbonyl (C=O) groups is 3. The minimum Gasteiger partial charge on any atom is -0.469 e. The molecule has 2 aromatic rings. The predicted molar refractivity (Wildman–Crippen MR) is 161 cm³/mol. The minimum absolute atomic E-state index is 0.00304. The molecule has 1 aliphatic rings. The minimum atomic E-state index is -0.290. The van der Waals surface area contributed by atoms with Crippen LogP contribution in [0.1, 0.15) is 36.2 Å². The van der Waals surface area contributed by atoms with Gasteiger partial charge in [0.15, 0.2) is 0 Å². The number of piperazine rings is 1. The number of rotatable bonds is 14. The van der Waals surface area contributed by atoms with E-state index in [2.05, 4.69) is 21.8 Å². The first-order chi connectivity index (χ1) is 19.3. The van der Waals surface area contributed by atoms with Gasteiger partial charge in [-0.1, -0.05) is 23.7 Å². The van der Waals surface area contributed by atoms with Gasteiger partial charge in [-0.3, -0.25) is 19.3 Å². The van der Waals surface area contributed by atoms with Crippen molar-refractivity contribution in [1.82, 2.24) is 9.80 Å². The molecule has 1 aliphatic heterocycles. The van der Waals surface area contributed by atoms with Crippen LogP contribution in [0.2, 0.25) is 5.02 Å². The van der Waals surface area contributed by atoms with E-state index in [1.807, 2.05) is 43.0 Å². The van der Waals surface area contributed by atoms with Crippen molar-refractivity contribution in [3.63, 3.8) is 0 Å². The smallest absolute Gasteiger partial charge is 0.306 e. The zero-order valence-corrected chi connectivity index (χ0v) is 25.2. The molecule has 0 saturated carbocycles. The SMILES string of the molecule is COC(=O)CCSCC(=O)N(CCOC(C)C)c1ccc(C(=O)N2CCN(CCc3ccc(Cl)cc3)CC2)cc1. The molecule has 2 amide bonds. The molecule has 0 bridgehead atoms. The predicted octanol–water partition coefficient (Wildman–Crippen LogP) is 4.39. The van der Waals surface area contributed by atoms with Crippen LogP contribution in [0.5, 0.6) is 0 Å². The summed E-state index contributed by atoms with van der Waals surface area (Å²) in [6, 6.07) is 15.2. The first kappa shape index (κ1) is 31.9. The van der Waals surface area contributed by atoms with Crippen LogP contribution in [0.3, 0.4) is 0 Å². The summed E-state index contributed by atoms with van der Waals surface area (Å²) >= 11 is 7.37. The number of halogens is 1. The van der Waals surface area contributed by atoms with E-state index < -0.39 is 0 Å². The average molecular weight is 590 g/mol. The Balaban J connectivity index is 1.53. The number of methoxy groups -OCH3 is 1. The van der Waals surface area contributed by atoms with Gasteiger partial charge in [-0.25, -0.2) is 0 Å². The van der Waals surface area contributed by atoms with Crippen LogP contribution >= 0.6 is 23.4 Å². The molecule has 0 spiro atoms. The molecule has 40 heavy (non-hydrogen) atoms. The molecule has 1 heterocycles. The van der Waals surface area contributed by atoms with Crippen LogP contribution in [0.25, 0.3) is 0 Å². The highest BCUT2D eigenvalue weighted by molar-refractivity contribution is 7.99. The lowest BCUT2D eigenvalue weighted by atomic mass is 10.1. The third-order valence-electron chi connectivity index (χ3n) is 6.69. The number of ether oxygens (including phenoxy) is 2. The molecule has 10 heteroatoms. The van der Waals surface area contributed by atoms with Gasteiger partial charge < -0.3 is 19.3 Å². The number of amides is 2. The second kappa shape index (κ2) is 16.6. The van der Waals surface area contributed by atoms with Gasteiger partial charge in [0.25, 0.3) is 5.91 Å². The summed E-state index contributed by atoms with van der Waals surface area (Å²) in [5, 5.41) is 0.745. The maximum absolute atomic E-state index is 13.2. The number of hydrogen-bond donors (Lipinski definition) is 0. The number of esters is 1. The Hall–Kier alpha value is -2.59. The van der Waals surface area contributed by atoms with Gasteiger partial charge in [0.05, 0.1) is 32.0 Å². The van der Waals surface area contributed by atoms with Gasteiger partial charge in [-0.05, 0) is 62.2 Å². The number of nitrogens with zero attached hydrogens (tertiary/aromatic N) is 3. The second-order valence-electron chi connectivity index (χ2n) is 9.90. The van der Waals surface area contributed by atoms with E-state index >= 15 is 0 Å². The molecule has 0 radical (unpaired) electrons. The van der Waals surface area contributed by atoms with E-state index in [0.717, 1.165) is 36.8 Å². The van der Waals surface area contributed by atoms with Crippen LogP contribution in [0.4, 0.5) is 5.69 Å². The number of thioether (sulfide) groups is 1. The first-order valence-electron chi connectivity index (χ1n) is 13.7. The Morgan fingerprint density at radius 3 is 2.30 bits per heavy atom. The molecular weight excluding hydrogens is 550 g/mol. The number of hydrogen-bond acceptors (Lipinski definition) is 7. The summed E-state index contributed by atoms with van der Waals surface area (Å²) in [5.74, 6) is 0.388. The zero-order valence-electron chi connectivity index (χ0n) is 23.6. The molecule has 0 atom stereocenters. The number of anilines is 1. The fraction of sp³-hybridized carbons (Fsp3) is 0.500. The van der Waals surface area contributed by atoms with Crippen molar-refractivity contribution in [3.05, 3.63) is 64.7 Å². The largest absolute Gasteiger partial charge is 0.469 e. The molecule has 218 valence electrons. The fourth-order valence-electron chi connectivity index (χ4n) is 4.35. The summed E-state index contributed by atoms with van der Waals surface area (Å²) in [6.07, 6.45) is 1.27. The van der Waals surface area contributed by atoms with Crippen molar-refractivity contribution < 1.29 is 23.9 Å². The first-order valence-corrected chi connectivity index (χ1v) is 15.2. The normalized spacial score (nSPS) is 13.9.